The summed E-state index contributed by atoms with van der Waals surface area (Å²) < 4.78 is 5.06. The predicted molar refractivity (Wildman–Crippen MR) is 74.9 cm³/mol. The van der Waals surface area contributed by atoms with Gasteiger partial charge in [-0.05, 0) is 19.1 Å². The summed E-state index contributed by atoms with van der Waals surface area (Å²) in [5.74, 6) is -0.618. The fourth-order valence-electron chi connectivity index (χ4n) is 1.31. The lowest BCUT2D eigenvalue weighted by atomic mass is 10.4. The third kappa shape index (κ3) is 3.65. The number of carbonyl (C=O) groups excluding carboxylic acids is 1. The Kier molecular flexibility index (Phi) is 4.70. The van der Waals surface area contributed by atoms with Crippen molar-refractivity contribution in [2.75, 3.05) is 6.61 Å². The first-order valence-electron chi connectivity index (χ1n) is 5.61. The van der Waals surface area contributed by atoms with Gasteiger partial charge in [-0.25, -0.2) is 9.78 Å². The van der Waals surface area contributed by atoms with Crippen molar-refractivity contribution in [1.29, 1.82) is 0 Å². The molecule has 0 spiro atoms. The van der Waals surface area contributed by atoms with E-state index in [1.807, 2.05) is 30.3 Å². The largest absolute Gasteiger partial charge is 0.462 e. The van der Waals surface area contributed by atoms with Gasteiger partial charge in [0.2, 0.25) is 0 Å². The lowest BCUT2D eigenvalue weighted by molar-refractivity contribution is 0.0525. The summed E-state index contributed by atoms with van der Waals surface area (Å²) >= 11 is 2.34. The Labute approximate surface area is 118 Å². The van der Waals surface area contributed by atoms with Crippen LogP contribution in [-0.4, -0.2) is 17.6 Å². The van der Waals surface area contributed by atoms with Crippen LogP contribution in [0.1, 0.15) is 17.3 Å². The smallest absolute Gasteiger partial charge is 0.344 e. The summed E-state index contributed by atoms with van der Waals surface area (Å²) in [6, 6.07) is 9.62. The quantitative estimate of drug-likeness (QED) is 0.811. The highest BCUT2D eigenvalue weighted by Gasteiger charge is 2.13. The van der Waals surface area contributed by atoms with Crippen LogP contribution in [-0.2, 0) is 4.74 Å². The molecule has 4 nitrogen and oxygen atoms in total. The molecular formula is C13H11NO3S2. The van der Waals surface area contributed by atoms with E-state index in [2.05, 4.69) is 4.98 Å². The van der Waals surface area contributed by atoms with Gasteiger partial charge in [0.05, 0.1) is 6.61 Å². The van der Waals surface area contributed by atoms with Crippen molar-refractivity contribution in [1.82, 2.24) is 4.98 Å². The molecule has 0 N–H and O–H groups in total. The number of ether oxygens (including phenoxy) is 1. The topological polar surface area (TPSA) is 56.3 Å². The molecular weight excluding hydrogens is 282 g/mol. The molecule has 0 radical (unpaired) electrons. The van der Waals surface area contributed by atoms with Crippen molar-refractivity contribution >= 4 is 29.1 Å². The molecule has 1 heterocycles. The van der Waals surface area contributed by atoms with Crippen LogP contribution in [0.15, 0.2) is 50.6 Å². The van der Waals surface area contributed by atoms with Crippen molar-refractivity contribution in [2.45, 2.75) is 16.2 Å². The van der Waals surface area contributed by atoms with Crippen molar-refractivity contribution in [2.24, 2.45) is 0 Å². The van der Waals surface area contributed by atoms with Gasteiger partial charge in [-0.15, -0.1) is 0 Å². The third-order valence-corrected chi connectivity index (χ3v) is 4.12. The van der Waals surface area contributed by atoms with E-state index in [1.54, 1.807) is 6.92 Å². The number of hydrogen-bond acceptors (Lipinski definition) is 6. The van der Waals surface area contributed by atoms with Crippen LogP contribution >= 0.6 is 23.1 Å². The number of aromatic nitrogens is 1. The van der Waals surface area contributed by atoms with Gasteiger partial charge in [0.1, 0.15) is 5.56 Å². The summed E-state index contributed by atoms with van der Waals surface area (Å²) in [6.07, 6.45) is 1.28. The molecule has 0 unspecified atom stereocenters. The average molecular weight is 293 g/mol. The molecule has 0 aliphatic heterocycles. The van der Waals surface area contributed by atoms with Gasteiger partial charge in [-0.2, -0.15) is 0 Å². The molecule has 2 rings (SSSR count). The Morgan fingerprint density at radius 2 is 2.11 bits per heavy atom. The molecule has 1 aromatic heterocycles. The number of rotatable bonds is 4. The van der Waals surface area contributed by atoms with E-state index in [-0.39, 0.29) is 16.9 Å². The summed E-state index contributed by atoms with van der Waals surface area (Å²) in [5, 5.41) is 0. The third-order valence-electron chi connectivity index (χ3n) is 2.14. The first-order valence-corrected chi connectivity index (χ1v) is 7.24. The predicted octanol–water partition coefficient (Wildman–Crippen LogP) is 2.83. The first kappa shape index (κ1) is 13.8. The van der Waals surface area contributed by atoms with Crippen LogP contribution in [0.2, 0.25) is 0 Å². The van der Waals surface area contributed by atoms with Gasteiger partial charge < -0.3 is 4.74 Å². The van der Waals surface area contributed by atoms with E-state index >= 15 is 0 Å². The van der Waals surface area contributed by atoms with Crippen molar-refractivity contribution < 1.29 is 9.53 Å². The molecule has 98 valence electrons. The standard InChI is InChI=1S/C13H11NO3S2/c1-2-17-11(15)10-8-14-13(19-12(10)16)18-9-6-4-3-5-7-9/h3-8H,2H2,1H3. The molecule has 0 amide bonds. The summed E-state index contributed by atoms with van der Waals surface area (Å²) in [5.41, 5.74) is -0.00994. The molecule has 0 atom stereocenters. The van der Waals surface area contributed by atoms with Gasteiger partial charge in [-0.3, -0.25) is 4.79 Å². The monoisotopic (exact) mass is 293 g/mol. The second-order valence-electron chi connectivity index (χ2n) is 3.46. The van der Waals surface area contributed by atoms with Crippen LogP contribution in [0.3, 0.4) is 0 Å². The summed E-state index contributed by atoms with van der Waals surface area (Å²) in [6.45, 7) is 1.93. The van der Waals surface area contributed by atoms with Crippen molar-refractivity contribution in [3.8, 4) is 0 Å². The Hall–Kier alpha value is -1.66. The second-order valence-corrected chi connectivity index (χ2v) is 5.75. The minimum atomic E-state index is -0.618. The fourth-order valence-corrected chi connectivity index (χ4v) is 3.10. The zero-order chi connectivity index (χ0) is 13.7. The maximum Gasteiger partial charge on any atom is 0.344 e. The molecule has 6 heteroatoms. The average Bonchev–Trinajstić information content (AvgIpc) is 2.40. The molecule has 19 heavy (non-hydrogen) atoms. The summed E-state index contributed by atoms with van der Waals surface area (Å²) in [4.78, 5) is 28.4. The SMILES string of the molecule is CCOC(=O)c1cnc(Sc2ccccc2)sc1=O. The molecule has 2 aromatic rings. The molecule has 0 saturated heterocycles. The van der Waals surface area contributed by atoms with E-state index in [0.717, 1.165) is 16.2 Å². The molecule has 0 saturated carbocycles. The van der Waals surface area contributed by atoms with Crippen LogP contribution in [0, 0.1) is 0 Å². The highest BCUT2D eigenvalue weighted by molar-refractivity contribution is 8.01. The van der Waals surface area contributed by atoms with Gasteiger partial charge >= 0.3 is 5.97 Å². The number of benzene rings is 1. The summed E-state index contributed by atoms with van der Waals surface area (Å²) in [7, 11) is 0. The molecule has 0 aliphatic rings. The van der Waals surface area contributed by atoms with Crippen LogP contribution in [0.5, 0.6) is 0 Å². The van der Waals surface area contributed by atoms with Gasteiger partial charge in [0.15, 0.2) is 4.34 Å². The Balaban J connectivity index is 2.20. The zero-order valence-electron chi connectivity index (χ0n) is 10.2. The Bertz CT molecular complexity index is 625. The van der Waals surface area contributed by atoms with E-state index in [4.69, 9.17) is 4.74 Å². The second kappa shape index (κ2) is 6.49. The van der Waals surface area contributed by atoms with Crippen LogP contribution in [0.25, 0.3) is 0 Å². The van der Waals surface area contributed by atoms with Crippen molar-refractivity contribution in [3.63, 3.8) is 0 Å². The first-order chi connectivity index (χ1) is 9.20. The molecule has 0 fully saturated rings. The van der Waals surface area contributed by atoms with Crippen LogP contribution in [0.4, 0.5) is 0 Å². The Morgan fingerprint density at radius 1 is 1.37 bits per heavy atom. The van der Waals surface area contributed by atoms with E-state index in [1.165, 1.54) is 18.0 Å². The number of esters is 1. The van der Waals surface area contributed by atoms with Gasteiger partial charge in [-0.1, -0.05) is 41.3 Å². The molecule has 0 bridgehead atoms. The zero-order valence-corrected chi connectivity index (χ0v) is 11.8. The van der Waals surface area contributed by atoms with Gasteiger partial charge in [0.25, 0.3) is 4.74 Å². The molecule has 1 aromatic carbocycles. The number of carbonyl (C=O) groups is 1. The normalized spacial score (nSPS) is 10.2. The highest BCUT2D eigenvalue weighted by Crippen LogP contribution is 2.27. The highest BCUT2D eigenvalue weighted by atomic mass is 32.2. The van der Waals surface area contributed by atoms with Crippen LogP contribution < -0.4 is 4.74 Å². The maximum atomic E-state index is 11.8. The number of nitrogens with zero attached hydrogens (tertiary/aromatic N) is 1. The van der Waals surface area contributed by atoms with Crippen molar-refractivity contribution in [3.05, 3.63) is 51.6 Å². The van der Waals surface area contributed by atoms with E-state index in [0.29, 0.717) is 4.34 Å². The fraction of sp³-hybridized carbons (Fsp3) is 0.154. The maximum absolute atomic E-state index is 11.8. The lowest BCUT2D eigenvalue weighted by Crippen LogP contribution is -2.15. The molecule has 0 aliphatic carbocycles. The Morgan fingerprint density at radius 3 is 2.74 bits per heavy atom. The minimum Gasteiger partial charge on any atom is -0.462 e. The number of hydrogen-bond donors (Lipinski definition) is 0. The minimum absolute atomic E-state index is 0.00994. The van der Waals surface area contributed by atoms with E-state index < -0.39 is 5.97 Å². The lowest BCUT2D eigenvalue weighted by Gasteiger charge is -2.01. The van der Waals surface area contributed by atoms with E-state index in [9.17, 15) is 9.59 Å². The van der Waals surface area contributed by atoms with Gasteiger partial charge in [0, 0.05) is 11.1 Å².